The normalized spacial score (nSPS) is 11.3. The van der Waals surface area contributed by atoms with E-state index in [0.717, 1.165) is 5.56 Å². The number of halogens is 2. The molecule has 31 heavy (non-hydrogen) atoms. The number of allylic oxidation sites excluding steroid dienone is 1. The second-order valence-electron chi connectivity index (χ2n) is 6.35. The summed E-state index contributed by atoms with van der Waals surface area (Å²) < 4.78 is 5.91. The van der Waals surface area contributed by atoms with E-state index in [4.69, 9.17) is 27.6 Å². The number of thiazole rings is 1. The maximum atomic E-state index is 10.8. The van der Waals surface area contributed by atoms with Crippen LogP contribution in [0.5, 0.6) is 0 Å². The fraction of sp³-hybridized carbons (Fsp3) is 0. The highest BCUT2D eigenvalue weighted by Gasteiger charge is 2.14. The van der Waals surface area contributed by atoms with Crippen LogP contribution in [0.3, 0.4) is 0 Å². The summed E-state index contributed by atoms with van der Waals surface area (Å²) in [7, 11) is 0. The summed E-state index contributed by atoms with van der Waals surface area (Å²) >= 11 is 13.3. The number of nitriles is 1. The Morgan fingerprint density at radius 3 is 2.52 bits per heavy atom. The van der Waals surface area contributed by atoms with Gasteiger partial charge in [0.15, 0.2) is 5.76 Å². The van der Waals surface area contributed by atoms with Crippen molar-refractivity contribution in [2.24, 2.45) is 0 Å². The monoisotopic (exact) mass is 467 g/mol. The highest BCUT2D eigenvalue weighted by molar-refractivity contribution is 7.11. The van der Waals surface area contributed by atoms with Crippen molar-refractivity contribution in [1.29, 1.82) is 5.26 Å². The number of hydrogen-bond donors (Lipinski definition) is 0. The third-order valence-electron chi connectivity index (χ3n) is 4.33. The average Bonchev–Trinajstić information content (AvgIpc) is 3.44. The van der Waals surface area contributed by atoms with Crippen molar-refractivity contribution in [3.8, 4) is 28.8 Å². The number of benzene rings is 2. The minimum absolute atomic E-state index is 0.0113. The number of furan rings is 1. The fourth-order valence-electron chi connectivity index (χ4n) is 2.79. The molecule has 6 nitrogen and oxygen atoms in total. The molecule has 2 aromatic heterocycles. The lowest BCUT2D eigenvalue weighted by atomic mass is 10.1. The van der Waals surface area contributed by atoms with Crippen LogP contribution in [-0.2, 0) is 0 Å². The molecule has 0 bridgehead atoms. The summed E-state index contributed by atoms with van der Waals surface area (Å²) in [5.41, 5.74) is 2.38. The zero-order valence-electron chi connectivity index (χ0n) is 15.6. The van der Waals surface area contributed by atoms with E-state index in [0.29, 0.717) is 43.4 Å². The smallest absolute Gasteiger partial charge is 0.269 e. The molecule has 0 atom stereocenters. The molecule has 2 heterocycles. The number of nitro benzene ring substituents is 1. The quantitative estimate of drug-likeness (QED) is 0.173. The van der Waals surface area contributed by atoms with E-state index < -0.39 is 4.92 Å². The maximum absolute atomic E-state index is 10.8. The van der Waals surface area contributed by atoms with Gasteiger partial charge in [0.25, 0.3) is 5.69 Å². The maximum Gasteiger partial charge on any atom is 0.269 e. The van der Waals surface area contributed by atoms with Gasteiger partial charge in [0.2, 0.25) is 0 Å². The van der Waals surface area contributed by atoms with Crippen LogP contribution in [0.4, 0.5) is 5.69 Å². The number of nitrogens with zero attached hydrogens (tertiary/aromatic N) is 3. The van der Waals surface area contributed by atoms with Crippen LogP contribution in [0.15, 0.2) is 64.4 Å². The van der Waals surface area contributed by atoms with Gasteiger partial charge >= 0.3 is 0 Å². The molecule has 4 aromatic rings. The van der Waals surface area contributed by atoms with Crippen molar-refractivity contribution in [3.05, 3.63) is 90.7 Å². The van der Waals surface area contributed by atoms with E-state index in [1.165, 1.54) is 23.5 Å². The summed E-state index contributed by atoms with van der Waals surface area (Å²) in [5, 5.41) is 23.6. The van der Waals surface area contributed by atoms with Crippen LogP contribution in [0, 0.1) is 21.4 Å². The molecule has 0 saturated carbocycles. The standard InChI is InChI=1S/C22H11Cl2N3O3S/c23-17-6-3-14(10-18(17)24)20-7-8-21(30-20)19-12-31-22(26-19)15(11-25)9-13-1-4-16(5-2-13)27(28)29/h1-10,12H. The fourth-order valence-corrected chi connectivity index (χ4v) is 3.86. The first kappa shape index (κ1) is 20.8. The van der Waals surface area contributed by atoms with Gasteiger partial charge in [0.1, 0.15) is 22.5 Å². The van der Waals surface area contributed by atoms with E-state index in [9.17, 15) is 15.4 Å². The molecule has 4 rings (SSSR count). The van der Waals surface area contributed by atoms with Crippen LogP contribution in [0.1, 0.15) is 10.6 Å². The third-order valence-corrected chi connectivity index (χ3v) is 5.95. The largest absolute Gasteiger partial charge is 0.454 e. The summed E-state index contributed by atoms with van der Waals surface area (Å²) in [6, 6.07) is 16.9. The molecule has 2 aromatic carbocycles. The van der Waals surface area contributed by atoms with Gasteiger partial charge in [0, 0.05) is 23.1 Å². The highest BCUT2D eigenvalue weighted by atomic mass is 35.5. The molecule has 0 amide bonds. The molecular weight excluding hydrogens is 457 g/mol. The molecule has 0 unspecified atom stereocenters. The SMILES string of the molecule is N#CC(=Cc1ccc([N+](=O)[O-])cc1)c1nc(-c2ccc(-c3ccc(Cl)c(Cl)c3)o2)cs1. The predicted molar refractivity (Wildman–Crippen MR) is 122 cm³/mol. The lowest BCUT2D eigenvalue weighted by Gasteiger charge is -1.99. The van der Waals surface area contributed by atoms with Crippen molar-refractivity contribution in [2.45, 2.75) is 0 Å². The van der Waals surface area contributed by atoms with Gasteiger partial charge in [-0.3, -0.25) is 10.1 Å². The molecule has 0 spiro atoms. The summed E-state index contributed by atoms with van der Waals surface area (Å²) in [6.45, 7) is 0. The first-order valence-electron chi connectivity index (χ1n) is 8.82. The molecule has 0 aliphatic rings. The summed E-state index contributed by atoms with van der Waals surface area (Å²) in [4.78, 5) is 14.8. The Morgan fingerprint density at radius 2 is 1.84 bits per heavy atom. The predicted octanol–water partition coefficient (Wildman–Crippen LogP) is 7.35. The van der Waals surface area contributed by atoms with Crippen LogP contribution >= 0.6 is 34.5 Å². The molecular formula is C22H11Cl2N3O3S. The molecule has 9 heteroatoms. The van der Waals surface area contributed by atoms with E-state index in [-0.39, 0.29) is 5.69 Å². The van der Waals surface area contributed by atoms with Gasteiger partial charge in [-0.2, -0.15) is 5.26 Å². The Balaban J connectivity index is 1.60. The molecule has 0 radical (unpaired) electrons. The topological polar surface area (TPSA) is 93.0 Å². The lowest BCUT2D eigenvalue weighted by Crippen LogP contribution is -1.87. The van der Waals surface area contributed by atoms with E-state index >= 15 is 0 Å². The number of aromatic nitrogens is 1. The third kappa shape index (κ3) is 4.52. The Hall–Kier alpha value is -3.44. The van der Waals surface area contributed by atoms with Gasteiger partial charge in [-0.15, -0.1) is 11.3 Å². The van der Waals surface area contributed by atoms with Crippen molar-refractivity contribution >= 4 is 51.9 Å². The molecule has 0 aliphatic carbocycles. The minimum atomic E-state index is -0.471. The van der Waals surface area contributed by atoms with Crippen molar-refractivity contribution < 1.29 is 9.34 Å². The van der Waals surface area contributed by atoms with Crippen LogP contribution in [0.2, 0.25) is 10.0 Å². The number of hydrogen-bond acceptors (Lipinski definition) is 6. The van der Waals surface area contributed by atoms with Crippen LogP contribution in [-0.4, -0.2) is 9.91 Å². The minimum Gasteiger partial charge on any atom is -0.454 e. The van der Waals surface area contributed by atoms with Gasteiger partial charge in [-0.25, -0.2) is 4.98 Å². The Morgan fingerprint density at radius 1 is 1.10 bits per heavy atom. The van der Waals surface area contributed by atoms with Crippen LogP contribution < -0.4 is 0 Å². The molecule has 0 aliphatic heterocycles. The van der Waals surface area contributed by atoms with E-state index in [1.54, 1.807) is 41.8 Å². The second kappa shape index (κ2) is 8.74. The highest BCUT2D eigenvalue weighted by Crippen LogP contribution is 2.33. The van der Waals surface area contributed by atoms with Gasteiger partial charge in [0.05, 0.1) is 20.5 Å². The van der Waals surface area contributed by atoms with Gasteiger partial charge in [-0.05, 0) is 54.1 Å². The van der Waals surface area contributed by atoms with Gasteiger partial charge < -0.3 is 4.42 Å². The van der Waals surface area contributed by atoms with Gasteiger partial charge in [-0.1, -0.05) is 23.2 Å². The number of rotatable bonds is 5. The summed E-state index contributed by atoms with van der Waals surface area (Å²) in [6.07, 6.45) is 1.63. The Kier molecular flexibility index (Phi) is 5.87. The number of nitro groups is 1. The number of non-ortho nitro benzene ring substituents is 1. The second-order valence-corrected chi connectivity index (χ2v) is 8.02. The van der Waals surface area contributed by atoms with Crippen molar-refractivity contribution in [2.75, 3.05) is 0 Å². The molecule has 0 saturated heterocycles. The lowest BCUT2D eigenvalue weighted by molar-refractivity contribution is -0.384. The van der Waals surface area contributed by atoms with Crippen molar-refractivity contribution in [1.82, 2.24) is 4.98 Å². The molecule has 152 valence electrons. The average molecular weight is 468 g/mol. The first-order valence-corrected chi connectivity index (χ1v) is 10.5. The zero-order chi connectivity index (χ0) is 22.0. The van der Waals surface area contributed by atoms with Crippen LogP contribution in [0.25, 0.3) is 34.4 Å². The zero-order valence-corrected chi connectivity index (χ0v) is 17.9. The molecule has 0 fully saturated rings. The summed E-state index contributed by atoms with van der Waals surface area (Å²) in [5.74, 6) is 1.17. The van der Waals surface area contributed by atoms with E-state index in [2.05, 4.69) is 11.1 Å². The molecule has 0 N–H and O–H groups in total. The Bertz CT molecular complexity index is 1350. The van der Waals surface area contributed by atoms with E-state index in [1.807, 2.05) is 12.1 Å². The van der Waals surface area contributed by atoms with Crippen molar-refractivity contribution in [3.63, 3.8) is 0 Å². The Labute approximate surface area is 190 Å². The first-order chi connectivity index (χ1) is 14.9.